The minimum Gasteiger partial charge on any atom is -0.462 e. The number of hydrogen-bond acceptors (Lipinski definition) is 5. The van der Waals surface area contributed by atoms with Crippen LogP contribution < -0.4 is 10.0 Å². The first-order chi connectivity index (χ1) is 12.3. The van der Waals surface area contributed by atoms with E-state index in [1.165, 1.54) is 36.4 Å². The van der Waals surface area contributed by atoms with Gasteiger partial charge in [0.1, 0.15) is 0 Å². The molecule has 0 bridgehead atoms. The average Bonchev–Trinajstić information content (AvgIpc) is 2.61. The number of anilines is 1. The van der Waals surface area contributed by atoms with Crippen LogP contribution in [0.5, 0.6) is 0 Å². The summed E-state index contributed by atoms with van der Waals surface area (Å²) in [6.07, 6.45) is 0. The summed E-state index contributed by atoms with van der Waals surface area (Å²) in [5.74, 6) is -0.984. The molecule has 0 aliphatic carbocycles. The highest BCUT2D eigenvalue weighted by Crippen LogP contribution is 2.14. The van der Waals surface area contributed by atoms with Crippen LogP contribution >= 0.6 is 15.9 Å². The molecular weight excluding hydrogens is 424 g/mol. The smallest absolute Gasteiger partial charge is 0.338 e. The fourth-order valence-electron chi connectivity index (χ4n) is 1.97. The van der Waals surface area contributed by atoms with Crippen molar-refractivity contribution >= 4 is 43.5 Å². The van der Waals surface area contributed by atoms with Crippen LogP contribution in [0.25, 0.3) is 0 Å². The van der Waals surface area contributed by atoms with Gasteiger partial charge in [-0.05, 0) is 55.5 Å². The van der Waals surface area contributed by atoms with E-state index in [1.54, 1.807) is 19.1 Å². The number of rotatable bonds is 7. The summed E-state index contributed by atoms with van der Waals surface area (Å²) in [5, 5.41) is 2.55. The number of carbonyl (C=O) groups is 2. The van der Waals surface area contributed by atoms with Crippen LogP contribution in [0.1, 0.15) is 17.3 Å². The number of halogens is 1. The van der Waals surface area contributed by atoms with E-state index < -0.39 is 28.4 Å². The van der Waals surface area contributed by atoms with Crippen LogP contribution in [0.3, 0.4) is 0 Å². The summed E-state index contributed by atoms with van der Waals surface area (Å²) in [5.41, 5.74) is 0.798. The van der Waals surface area contributed by atoms with Crippen LogP contribution in [0.15, 0.2) is 57.9 Å². The van der Waals surface area contributed by atoms with Crippen LogP contribution in [-0.2, 0) is 19.6 Å². The first kappa shape index (κ1) is 20.1. The van der Waals surface area contributed by atoms with E-state index in [0.717, 1.165) is 4.47 Å². The van der Waals surface area contributed by atoms with Crippen LogP contribution in [-0.4, -0.2) is 33.4 Å². The van der Waals surface area contributed by atoms with Crippen molar-refractivity contribution in [2.24, 2.45) is 0 Å². The normalized spacial score (nSPS) is 11.0. The zero-order valence-corrected chi connectivity index (χ0v) is 16.3. The van der Waals surface area contributed by atoms with Gasteiger partial charge in [0.25, 0.3) is 0 Å². The van der Waals surface area contributed by atoms with Crippen LogP contribution in [0, 0.1) is 0 Å². The summed E-state index contributed by atoms with van der Waals surface area (Å²) in [7, 11) is -3.78. The first-order valence-corrected chi connectivity index (χ1v) is 9.91. The molecule has 0 fully saturated rings. The van der Waals surface area contributed by atoms with Crippen molar-refractivity contribution < 1.29 is 22.7 Å². The fraction of sp³-hybridized carbons (Fsp3) is 0.176. The van der Waals surface area contributed by atoms with Crippen molar-refractivity contribution in [1.29, 1.82) is 0 Å². The molecule has 0 spiro atoms. The SMILES string of the molecule is CCOC(=O)c1ccc(NC(=O)CNS(=O)(=O)c2ccc(Br)cc2)cc1. The molecule has 138 valence electrons. The maximum atomic E-state index is 12.1. The topological polar surface area (TPSA) is 102 Å². The van der Waals surface area contributed by atoms with E-state index in [4.69, 9.17) is 4.74 Å². The molecule has 7 nitrogen and oxygen atoms in total. The van der Waals surface area contributed by atoms with Gasteiger partial charge in [-0.15, -0.1) is 0 Å². The van der Waals surface area contributed by atoms with Crippen molar-refractivity contribution in [2.75, 3.05) is 18.5 Å². The molecule has 0 saturated carbocycles. The van der Waals surface area contributed by atoms with Gasteiger partial charge in [0.15, 0.2) is 0 Å². The highest BCUT2D eigenvalue weighted by molar-refractivity contribution is 9.10. The second kappa shape index (κ2) is 8.93. The molecule has 0 unspecified atom stereocenters. The predicted molar refractivity (Wildman–Crippen MR) is 100 cm³/mol. The lowest BCUT2D eigenvalue weighted by Gasteiger charge is -2.08. The second-order valence-electron chi connectivity index (χ2n) is 5.12. The van der Waals surface area contributed by atoms with Gasteiger partial charge < -0.3 is 10.1 Å². The zero-order chi connectivity index (χ0) is 19.2. The van der Waals surface area contributed by atoms with Gasteiger partial charge in [-0.25, -0.2) is 17.9 Å². The third-order valence-electron chi connectivity index (χ3n) is 3.23. The second-order valence-corrected chi connectivity index (χ2v) is 7.81. The van der Waals surface area contributed by atoms with E-state index >= 15 is 0 Å². The van der Waals surface area contributed by atoms with Crippen molar-refractivity contribution in [3.8, 4) is 0 Å². The molecular formula is C17H17BrN2O5S. The minimum atomic E-state index is -3.78. The summed E-state index contributed by atoms with van der Waals surface area (Å²) < 4.78 is 32.1. The number of nitrogens with one attached hydrogen (secondary N) is 2. The van der Waals surface area contributed by atoms with E-state index in [1.807, 2.05) is 0 Å². The molecule has 2 rings (SSSR count). The molecule has 0 aromatic heterocycles. The number of hydrogen-bond donors (Lipinski definition) is 2. The van der Waals surface area contributed by atoms with Gasteiger partial charge in [-0.3, -0.25) is 4.79 Å². The van der Waals surface area contributed by atoms with Gasteiger partial charge in [-0.1, -0.05) is 15.9 Å². The van der Waals surface area contributed by atoms with Gasteiger partial charge in [0, 0.05) is 10.2 Å². The Morgan fingerprint density at radius 1 is 1.04 bits per heavy atom. The Kier molecular flexibility index (Phi) is 6.90. The van der Waals surface area contributed by atoms with Crippen LogP contribution in [0.4, 0.5) is 5.69 Å². The molecule has 1 amide bonds. The monoisotopic (exact) mass is 440 g/mol. The Hall–Kier alpha value is -2.23. The molecule has 0 aliphatic rings. The lowest BCUT2D eigenvalue weighted by Crippen LogP contribution is -2.32. The van der Waals surface area contributed by atoms with Gasteiger partial charge in [0.2, 0.25) is 15.9 Å². The van der Waals surface area contributed by atoms with E-state index in [0.29, 0.717) is 11.3 Å². The maximum absolute atomic E-state index is 12.1. The Bertz CT molecular complexity index is 880. The summed E-state index contributed by atoms with van der Waals surface area (Å²) in [6.45, 7) is 1.57. The standard InChI is InChI=1S/C17H17BrN2O5S/c1-2-25-17(22)12-3-7-14(8-4-12)20-16(21)11-19-26(23,24)15-9-5-13(18)6-10-15/h3-10,19H,2,11H2,1H3,(H,20,21). The van der Waals surface area contributed by atoms with Crippen molar-refractivity contribution in [2.45, 2.75) is 11.8 Å². The Balaban J connectivity index is 1.92. The first-order valence-electron chi connectivity index (χ1n) is 7.64. The predicted octanol–water partition coefficient (Wildman–Crippen LogP) is 2.54. The number of carbonyl (C=O) groups excluding carboxylic acids is 2. The van der Waals surface area contributed by atoms with Crippen molar-refractivity contribution in [1.82, 2.24) is 4.72 Å². The quantitative estimate of drug-likeness (QED) is 0.644. The van der Waals surface area contributed by atoms with Gasteiger partial charge >= 0.3 is 5.97 Å². The van der Waals surface area contributed by atoms with Gasteiger partial charge in [-0.2, -0.15) is 0 Å². The number of sulfonamides is 1. The Morgan fingerprint density at radius 3 is 2.23 bits per heavy atom. The molecule has 2 aromatic carbocycles. The molecule has 2 aromatic rings. The number of benzene rings is 2. The van der Waals surface area contributed by atoms with E-state index in [-0.39, 0.29) is 11.5 Å². The minimum absolute atomic E-state index is 0.0623. The van der Waals surface area contributed by atoms with Crippen molar-refractivity contribution in [3.05, 3.63) is 58.6 Å². The molecule has 9 heteroatoms. The fourth-order valence-corrected chi connectivity index (χ4v) is 3.21. The highest BCUT2D eigenvalue weighted by Gasteiger charge is 2.15. The largest absolute Gasteiger partial charge is 0.462 e. The molecule has 0 radical (unpaired) electrons. The molecule has 0 aliphatic heterocycles. The van der Waals surface area contributed by atoms with E-state index in [2.05, 4.69) is 26.0 Å². The van der Waals surface area contributed by atoms with Gasteiger partial charge in [0.05, 0.1) is 23.6 Å². The zero-order valence-electron chi connectivity index (χ0n) is 13.9. The maximum Gasteiger partial charge on any atom is 0.338 e. The Labute approximate surface area is 159 Å². The average molecular weight is 441 g/mol. The number of ether oxygens (including phenoxy) is 1. The summed E-state index contributed by atoms with van der Waals surface area (Å²) >= 11 is 3.23. The lowest BCUT2D eigenvalue weighted by molar-refractivity contribution is -0.115. The highest BCUT2D eigenvalue weighted by atomic mass is 79.9. The molecule has 26 heavy (non-hydrogen) atoms. The van der Waals surface area contributed by atoms with Crippen LogP contribution in [0.2, 0.25) is 0 Å². The van der Waals surface area contributed by atoms with E-state index in [9.17, 15) is 18.0 Å². The molecule has 0 saturated heterocycles. The van der Waals surface area contributed by atoms with Crippen molar-refractivity contribution in [3.63, 3.8) is 0 Å². The molecule has 0 heterocycles. The third kappa shape index (κ3) is 5.65. The number of amides is 1. The molecule has 0 atom stereocenters. The number of esters is 1. The summed E-state index contributed by atoms with van der Waals surface area (Å²) in [4.78, 5) is 23.5. The summed E-state index contributed by atoms with van der Waals surface area (Å²) in [6, 6.07) is 12.1. The third-order valence-corrected chi connectivity index (χ3v) is 5.17. The lowest BCUT2D eigenvalue weighted by atomic mass is 10.2. The molecule has 2 N–H and O–H groups in total. The Morgan fingerprint density at radius 2 is 1.65 bits per heavy atom.